The number of aromatic nitrogens is 1. The number of pyridine rings is 1. The number of thiophene rings is 1. The number of aliphatic hydroxyl groups excluding tert-OH is 1. The highest BCUT2D eigenvalue weighted by molar-refractivity contribution is 7.19. The van der Waals surface area contributed by atoms with Crippen molar-refractivity contribution in [3.8, 4) is 11.8 Å². The van der Waals surface area contributed by atoms with Crippen molar-refractivity contribution in [2.24, 2.45) is 0 Å². The maximum Gasteiger partial charge on any atom is 0.343 e. The van der Waals surface area contributed by atoms with E-state index in [0.717, 1.165) is 27.1 Å². The van der Waals surface area contributed by atoms with Gasteiger partial charge in [-0.2, -0.15) is 0 Å². The minimum absolute atomic E-state index is 0.0419. The third-order valence-corrected chi connectivity index (χ3v) is 5.19. The van der Waals surface area contributed by atoms with Gasteiger partial charge in [-0.1, -0.05) is 5.92 Å². The first-order chi connectivity index (χ1) is 11.0. The fourth-order valence-corrected chi connectivity index (χ4v) is 4.30. The van der Waals surface area contributed by atoms with Crippen LogP contribution in [0.4, 0.5) is 5.69 Å². The molecule has 2 aromatic rings. The molecule has 1 aliphatic carbocycles. The van der Waals surface area contributed by atoms with Crippen LogP contribution in [0.15, 0.2) is 0 Å². The van der Waals surface area contributed by atoms with E-state index in [1.807, 2.05) is 0 Å². The van der Waals surface area contributed by atoms with E-state index in [9.17, 15) is 9.90 Å². The SMILES string of the molecule is CC#CCOC(=O)c1c(C)nc2sc3c(c2c1N)CC[C@H](O)C3. The fraction of sp³-hybridized carbons (Fsp3) is 0.412. The number of aliphatic hydroxyl groups is 1. The summed E-state index contributed by atoms with van der Waals surface area (Å²) in [5.41, 5.74) is 8.72. The number of hydrogen-bond donors (Lipinski definition) is 2. The summed E-state index contributed by atoms with van der Waals surface area (Å²) < 4.78 is 5.15. The summed E-state index contributed by atoms with van der Waals surface area (Å²) in [6.45, 7) is 3.48. The monoisotopic (exact) mass is 330 g/mol. The van der Waals surface area contributed by atoms with Crippen LogP contribution < -0.4 is 5.73 Å². The van der Waals surface area contributed by atoms with Crippen LogP contribution in [0.5, 0.6) is 0 Å². The van der Waals surface area contributed by atoms with Crippen LogP contribution >= 0.6 is 11.3 Å². The van der Waals surface area contributed by atoms with Gasteiger partial charge in [0.2, 0.25) is 0 Å². The summed E-state index contributed by atoms with van der Waals surface area (Å²) in [5, 5.41) is 10.7. The lowest BCUT2D eigenvalue weighted by molar-refractivity contribution is 0.0556. The molecule has 0 radical (unpaired) electrons. The number of esters is 1. The number of carbonyl (C=O) groups is 1. The van der Waals surface area contributed by atoms with E-state index in [2.05, 4.69) is 16.8 Å². The Hall–Kier alpha value is -2.10. The zero-order valence-corrected chi connectivity index (χ0v) is 13.9. The summed E-state index contributed by atoms with van der Waals surface area (Å²) in [7, 11) is 0. The van der Waals surface area contributed by atoms with Gasteiger partial charge in [-0.3, -0.25) is 0 Å². The molecule has 0 fully saturated rings. The molecule has 0 saturated heterocycles. The molecule has 3 rings (SSSR count). The molecule has 0 saturated carbocycles. The Morgan fingerprint density at radius 3 is 3.09 bits per heavy atom. The first-order valence-corrected chi connectivity index (χ1v) is 8.29. The summed E-state index contributed by atoms with van der Waals surface area (Å²) in [5.74, 6) is 4.88. The van der Waals surface area contributed by atoms with Crippen molar-refractivity contribution in [2.75, 3.05) is 12.3 Å². The highest BCUT2D eigenvalue weighted by Crippen LogP contribution is 2.40. The van der Waals surface area contributed by atoms with E-state index in [1.165, 1.54) is 0 Å². The van der Waals surface area contributed by atoms with Crippen molar-refractivity contribution in [3.05, 3.63) is 21.7 Å². The summed E-state index contributed by atoms with van der Waals surface area (Å²) in [6, 6.07) is 0. The van der Waals surface area contributed by atoms with E-state index >= 15 is 0 Å². The molecule has 0 unspecified atom stereocenters. The Morgan fingerprint density at radius 2 is 2.35 bits per heavy atom. The van der Waals surface area contributed by atoms with Crippen molar-refractivity contribution in [3.63, 3.8) is 0 Å². The molecule has 120 valence electrons. The smallest absolute Gasteiger partial charge is 0.343 e. The molecule has 0 spiro atoms. The van der Waals surface area contributed by atoms with Crippen LogP contribution in [-0.2, 0) is 17.6 Å². The highest BCUT2D eigenvalue weighted by atomic mass is 32.1. The van der Waals surface area contributed by atoms with Gasteiger partial charge in [0.1, 0.15) is 10.4 Å². The van der Waals surface area contributed by atoms with E-state index in [1.54, 1.807) is 25.2 Å². The molecule has 2 aromatic heterocycles. The minimum atomic E-state index is -0.493. The lowest BCUT2D eigenvalue weighted by atomic mass is 9.93. The van der Waals surface area contributed by atoms with Crippen LogP contribution in [0.2, 0.25) is 0 Å². The molecule has 6 heteroatoms. The summed E-state index contributed by atoms with van der Waals surface area (Å²) in [4.78, 5) is 18.8. The van der Waals surface area contributed by atoms with Crippen molar-refractivity contribution < 1.29 is 14.6 Å². The van der Waals surface area contributed by atoms with Gasteiger partial charge < -0.3 is 15.6 Å². The molecule has 0 bridgehead atoms. The van der Waals surface area contributed by atoms with Crippen LogP contribution in [0.1, 0.15) is 39.8 Å². The molecular weight excluding hydrogens is 312 g/mol. The molecule has 23 heavy (non-hydrogen) atoms. The van der Waals surface area contributed by atoms with Crippen molar-refractivity contribution in [1.29, 1.82) is 0 Å². The maximum atomic E-state index is 12.3. The number of aryl methyl sites for hydroxylation is 2. The van der Waals surface area contributed by atoms with Crippen molar-refractivity contribution >= 4 is 33.2 Å². The first-order valence-electron chi connectivity index (χ1n) is 7.48. The van der Waals surface area contributed by atoms with Gasteiger partial charge >= 0.3 is 5.97 Å². The van der Waals surface area contributed by atoms with Crippen molar-refractivity contribution in [1.82, 2.24) is 4.98 Å². The fourth-order valence-electron chi connectivity index (χ4n) is 2.94. The van der Waals surface area contributed by atoms with E-state index in [0.29, 0.717) is 29.8 Å². The normalized spacial score (nSPS) is 16.6. The number of hydrogen-bond acceptors (Lipinski definition) is 6. The number of fused-ring (bicyclic) bond motifs is 3. The molecule has 1 aliphatic rings. The van der Waals surface area contributed by atoms with Gasteiger partial charge in [-0.05, 0) is 32.3 Å². The van der Waals surface area contributed by atoms with Gasteiger partial charge in [0.15, 0.2) is 6.61 Å². The molecule has 5 nitrogen and oxygen atoms in total. The Balaban J connectivity index is 2.09. The molecule has 1 atom stereocenters. The Morgan fingerprint density at radius 1 is 1.57 bits per heavy atom. The topological polar surface area (TPSA) is 85.4 Å². The predicted octanol–water partition coefficient (Wildman–Crippen LogP) is 2.22. The number of nitrogens with two attached hydrogens (primary N) is 1. The van der Waals surface area contributed by atoms with Gasteiger partial charge in [-0.25, -0.2) is 9.78 Å². The summed E-state index contributed by atoms with van der Waals surface area (Å²) >= 11 is 1.55. The largest absolute Gasteiger partial charge is 0.449 e. The number of nitrogens with zero attached hydrogens (tertiary/aromatic N) is 1. The molecule has 2 heterocycles. The third-order valence-electron chi connectivity index (χ3n) is 4.05. The second-order valence-corrected chi connectivity index (χ2v) is 6.65. The number of rotatable bonds is 2. The van der Waals surface area contributed by atoms with Crippen molar-refractivity contribution in [2.45, 2.75) is 39.2 Å². The Labute approximate surface area is 138 Å². The average Bonchev–Trinajstić information content (AvgIpc) is 2.84. The molecule has 0 amide bonds. The van der Waals surface area contributed by atoms with E-state index in [4.69, 9.17) is 10.5 Å². The van der Waals surface area contributed by atoms with Crippen LogP contribution in [-0.4, -0.2) is 28.8 Å². The number of ether oxygens (including phenoxy) is 1. The number of nitrogen functional groups attached to an aromatic ring is 1. The number of carbonyl (C=O) groups excluding carboxylic acids is 1. The molecular formula is C17H18N2O3S. The lowest BCUT2D eigenvalue weighted by Gasteiger charge is -2.17. The molecule has 0 aliphatic heterocycles. The zero-order valence-electron chi connectivity index (χ0n) is 13.1. The van der Waals surface area contributed by atoms with Gasteiger partial charge in [-0.15, -0.1) is 17.3 Å². The molecule has 3 N–H and O–H groups in total. The second kappa shape index (κ2) is 6.19. The maximum absolute atomic E-state index is 12.3. The standard InChI is InChI=1S/C17H18N2O3S/c1-3-4-7-22-17(21)13-9(2)19-16-14(15(13)18)11-6-5-10(20)8-12(11)23-16/h10,20H,5-8H2,1-2H3,(H2,18,19)/t10-/m0/s1. The predicted molar refractivity (Wildman–Crippen MR) is 90.5 cm³/mol. The summed E-state index contributed by atoms with van der Waals surface area (Å²) in [6.07, 6.45) is 1.77. The highest BCUT2D eigenvalue weighted by Gasteiger charge is 2.26. The first kappa shape index (κ1) is 15.8. The molecule has 0 aromatic carbocycles. The Kier molecular flexibility index (Phi) is 4.24. The average molecular weight is 330 g/mol. The van der Waals surface area contributed by atoms with Crippen LogP contribution in [0.3, 0.4) is 0 Å². The van der Waals surface area contributed by atoms with Gasteiger partial charge in [0.25, 0.3) is 0 Å². The lowest BCUT2D eigenvalue weighted by Crippen LogP contribution is -2.17. The number of anilines is 1. The van der Waals surface area contributed by atoms with Gasteiger partial charge in [0.05, 0.1) is 17.5 Å². The van der Waals surface area contributed by atoms with Gasteiger partial charge in [0, 0.05) is 16.7 Å². The Bertz CT molecular complexity index is 845. The van der Waals surface area contributed by atoms with E-state index < -0.39 is 5.97 Å². The zero-order chi connectivity index (χ0) is 16.6. The van der Waals surface area contributed by atoms with Crippen LogP contribution in [0, 0.1) is 18.8 Å². The quantitative estimate of drug-likeness (QED) is 0.651. The second-order valence-electron chi connectivity index (χ2n) is 5.57. The third kappa shape index (κ3) is 2.78. The van der Waals surface area contributed by atoms with Crippen LogP contribution in [0.25, 0.3) is 10.2 Å². The minimum Gasteiger partial charge on any atom is -0.449 e. The van der Waals surface area contributed by atoms with E-state index in [-0.39, 0.29) is 12.7 Å².